The fourth-order valence-electron chi connectivity index (χ4n) is 2.83. The third-order valence-electron chi connectivity index (χ3n) is 4.14. The molecule has 4 nitrogen and oxygen atoms in total. The Bertz CT molecular complexity index is 741. The Morgan fingerprint density at radius 2 is 1.64 bits per heavy atom. The highest BCUT2D eigenvalue weighted by Crippen LogP contribution is 2.31. The summed E-state index contributed by atoms with van der Waals surface area (Å²) in [6.45, 7) is 2.36. The summed E-state index contributed by atoms with van der Waals surface area (Å²) in [4.78, 5) is 0.277. The predicted molar refractivity (Wildman–Crippen MR) is 85.1 cm³/mol. The van der Waals surface area contributed by atoms with Crippen molar-refractivity contribution >= 4 is 10.0 Å². The topological polar surface area (TPSA) is 57.6 Å². The Labute approximate surface area is 131 Å². The van der Waals surface area contributed by atoms with Gasteiger partial charge in [0.15, 0.2) is 0 Å². The number of β-amino-alcohol motifs (C(OH)–C–C–N with tert-alkyl or cyclic N) is 1. The maximum atomic E-state index is 12.7. The van der Waals surface area contributed by atoms with Gasteiger partial charge in [-0.15, -0.1) is 0 Å². The second kappa shape index (κ2) is 5.83. The molecule has 2 atom stereocenters. The molecule has 0 radical (unpaired) electrons. The molecule has 2 aromatic rings. The zero-order chi connectivity index (χ0) is 15.7. The Kier molecular flexibility index (Phi) is 4.04. The SMILES string of the molecule is Cc1ccc(S(=O)(=O)N2C[C@@H](O)[C@H](c3ccccc3)C2)cc1. The molecule has 1 aliphatic heterocycles. The molecule has 0 bridgehead atoms. The Hall–Kier alpha value is -1.69. The third kappa shape index (κ3) is 2.79. The van der Waals surface area contributed by atoms with Crippen LogP contribution in [0.5, 0.6) is 0 Å². The number of rotatable bonds is 3. The maximum absolute atomic E-state index is 12.7. The number of aryl methyl sites for hydroxylation is 1. The van der Waals surface area contributed by atoms with E-state index in [-0.39, 0.29) is 17.4 Å². The highest BCUT2D eigenvalue weighted by atomic mass is 32.2. The molecular weight excluding hydrogens is 298 g/mol. The van der Waals surface area contributed by atoms with Gasteiger partial charge in [-0.1, -0.05) is 48.0 Å². The summed E-state index contributed by atoms with van der Waals surface area (Å²) < 4.78 is 26.7. The molecule has 0 aliphatic carbocycles. The average molecular weight is 317 g/mol. The molecule has 0 amide bonds. The first-order valence-electron chi connectivity index (χ1n) is 7.28. The Balaban J connectivity index is 1.86. The van der Waals surface area contributed by atoms with Crippen LogP contribution in [0.25, 0.3) is 0 Å². The lowest BCUT2D eigenvalue weighted by molar-refractivity contribution is 0.173. The number of benzene rings is 2. The van der Waals surface area contributed by atoms with E-state index >= 15 is 0 Å². The van der Waals surface area contributed by atoms with E-state index in [1.807, 2.05) is 37.3 Å². The molecule has 1 aliphatic rings. The number of aliphatic hydroxyl groups excluding tert-OH is 1. The number of hydrogen-bond acceptors (Lipinski definition) is 3. The van der Waals surface area contributed by atoms with Gasteiger partial charge in [0.25, 0.3) is 0 Å². The summed E-state index contributed by atoms with van der Waals surface area (Å²) >= 11 is 0. The second-order valence-electron chi connectivity index (χ2n) is 5.72. The first kappa shape index (κ1) is 15.2. The maximum Gasteiger partial charge on any atom is 0.243 e. The van der Waals surface area contributed by atoms with E-state index in [4.69, 9.17) is 0 Å². The van der Waals surface area contributed by atoms with Crippen LogP contribution in [0.3, 0.4) is 0 Å². The molecule has 1 N–H and O–H groups in total. The van der Waals surface area contributed by atoms with Crippen LogP contribution in [0.15, 0.2) is 59.5 Å². The fourth-order valence-corrected chi connectivity index (χ4v) is 4.32. The number of aliphatic hydroxyl groups is 1. The molecule has 1 fully saturated rings. The Morgan fingerprint density at radius 1 is 1.00 bits per heavy atom. The normalized spacial score (nSPS) is 22.8. The van der Waals surface area contributed by atoms with Gasteiger partial charge in [0.1, 0.15) is 0 Å². The molecule has 3 rings (SSSR count). The molecule has 22 heavy (non-hydrogen) atoms. The van der Waals surface area contributed by atoms with Crippen molar-refractivity contribution in [2.24, 2.45) is 0 Å². The van der Waals surface area contributed by atoms with Gasteiger partial charge in [0.05, 0.1) is 11.0 Å². The van der Waals surface area contributed by atoms with Gasteiger partial charge in [0, 0.05) is 19.0 Å². The molecule has 2 aromatic carbocycles. The van der Waals surface area contributed by atoms with Crippen LogP contribution in [-0.2, 0) is 10.0 Å². The summed E-state index contributed by atoms with van der Waals surface area (Å²) in [6.07, 6.45) is -0.678. The first-order valence-corrected chi connectivity index (χ1v) is 8.72. The largest absolute Gasteiger partial charge is 0.391 e. The lowest BCUT2D eigenvalue weighted by Gasteiger charge is -2.16. The Morgan fingerprint density at radius 3 is 2.27 bits per heavy atom. The molecule has 0 unspecified atom stereocenters. The third-order valence-corrected chi connectivity index (χ3v) is 5.99. The van der Waals surface area contributed by atoms with Gasteiger partial charge < -0.3 is 5.11 Å². The van der Waals surface area contributed by atoms with Gasteiger partial charge in [-0.05, 0) is 24.6 Å². The van der Waals surface area contributed by atoms with Crippen molar-refractivity contribution in [2.75, 3.05) is 13.1 Å². The molecule has 1 saturated heterocycles. The molecule has 0 aromatic heterocycles. The summed E-state index contributed by atoms with van der Waals surface area (Å²) in [5, 5.41) is 10.3. The van der Waals surface area contributed by atoms with Crippen LogP contribution in [0.1, 0.15) is 17.0 Å². The van der Waals surface area contributed by atoms with E-state index in [9.17, 15) is 13.5 Å². The minimum Gasteiger partial charge on any atom is -0.391 e. The van der Waals surface area contributed by atoms with Crippen molar-refractivity contribution in [1.82, 2.24) is 4.31 Å². The second-order valence-corrected chi connectivity index (χ2v) is 7.66. The quantitative estimate of drug-likeness (QED) is 0.943. The van der Waals surface area contributed by atoms with E-state index < -0.39 is 16.1 Å². The van der Waals surface area contributed by atoms with Crippen molar-refractivity contribution in [3.63, 3.8) is 0 Å². The van der Waals surface area contributed by atoms with Crippen LogP contribution in [-0.4, -0.2) is 37.0 Å². The lowest BCUT2D eigenvalue weighted by Crippen LogP contribution is -2.29. The van der Waals surface area contributed by atoms with Gasteiger partial charge in [0.2, 0.25) is 10.0 Å². The molecule has 0 saturated carbocycles. The van der Waals surface area contributed by atoms with Gasteiger partial charge in [-0.25, -0.2) is 8.42 Å². The predicted octanol–water partition coefficient (Wildman–Crippen LogP) is 2.14. The zero-order valence-corrected chi connectivity index (χ0v) is 13.2. The van der Waals surface area contributed by atoms with Gasteiger partial charge in [-0.3, -0.25) is 0 Å². The zero-order valence-electron chi connectivity index (χ0n) is 12.4. The van der Waals surface area contributed by atoms with Crippen LogP contribution in [0.2, 0.25) is 0 Å². The first-order chi connectivity index (χ1) is 10.5. The van der Waals surface area contributed by atoms with E-state index in [2.05, 4.69) is 0 Å². The summed E-state index contributed by atoms with van der Waals surface area (Å²) in [5.41, 5.74) is 1.99. The number of sulfonamides is 1. The monoisotopic (exact) mass is 317 g/mol. The minimum atomic E-state index is -3.56. The molecule has 5 heteroatoms. The smallest absolute Gasteiger partial charge is 0.243 e. The standard InChI is InChI=1S/C17H19NO3S/c1-13-7-9-15(10-8-13)22(20,21)18-11-16(17(19)12-18)14-5-3-2-4-6-14/h2-10,16-17,19H,11-12H2,1H3/t16-,17+/m0/s1. The van der Waals surface area contributed by atoms with Crippen LogP contribution < -0.4 is 0 Å². The molecule has 116 valence electrons. The van der Waals surface area contributed by atoms with Gasteiger partial charge >= 0.3 is 0 Å². The lowest BCUT2D eigenvalue weighted by atomic mass is 9.96. The number of hydrogen-bond donors (Lipinski definition) is 1. The van der Waals surface area contributed by atoms with Crippen molar-refractivity contribution in [3.05, 3.63) is 65.7 Å². The van der Waals surface area contributed by atoms with Crippen LogP contribution in [0.4, 0.5) is 0 Å². The van der Waals surface area contributed by atoms with Gasteiger partial charge in [-0.2, -0.15) is 4.31 Å². The molecular formula is C17H19NO3S. The van der Waals surface area contributed by atoms with Crippen molar-refractivity contribution < 1.29 is 13.5 Å². The van der Waals surface area contributed by atoms with Crippen molar-refractivity contribution in [1.29, 1.82) is 0 Å². The van der Waals surface area contributed by atoms with E-state index in [0.717, 1.165) is 11.1 Å². The van der Waals surface area contributed by atoms with Crippen LogP contribution >= 0.6 is 0 Å². The summed E-state index contributed by atoms with van der Waals surface area (Å²) in [6, 6.07) is 16.4. The highest BCUT2D eigenvalue weighted by Gasteiger charge is 2.39. The highest BCUT2D eigenvalue weighted by molar-refractivity contribution is 7.89. The molecule has 1 heterocycles. The van der Waals surface area contributed by atoms with Crippen molar-refractivity contribution in [3.8, 4) is 0 Å². The van der Waals surface area contributed by atoms with E-state index in [0.29, 0.717) is 6.54 Å². The van der Waals surface area contributed by atoms with Crippen molar-refractivity contribution in [2.45, 2.75) is 23.8 Å². The minimum absolute atomic E-state index is 0.135. The van der Waals surface area contributed by atoms with E-state index in [1.165, 1.54) is 4.31 Å². The molecule has 0 spiro atoms. The summed E-state index contributed by atoms with van der Waals surface area (Å²) in [7, 11) is -3.56. The van der Waals surface area contributed by atoms with Crippen LogP contribution in [0, 0.1) is 6.92 Å². The fraction of sp³-hybridized carbons (Fsp3) is 0.294. The number of nitrogens with zero attached hydrogens (tertiary/aromatic N) is 1. The van der Waals surface area contributed by atoms with E-state index in [1.54, 1.807) is 24.3 Å². The average Bonchev–Trinajstić information content (AvgIpc) is 2.91. The summed E-state index contributed by atoms with van der Waals surface area (Å²) in [5.74, 6) is -0.179.